The Morgan fingerprint density at radius 3 is 2.69 bits per heavy atom. The van der Waals surface area contributed by atoms with Gasteiger partial charge in [0.2, 0.25) is 0 Å². The molecule has 2 rings (SSSR count). The van der Waals surface area contributed by atoms with E-state index in [4.69, 9.17) is 11.6 Å². The fourth-order valence-corrected chi connectivity index (χ4v) is 1.98. The molecule has 2 heterocycles. The Labute approximate surface area is 85.2 Å². The summed E-state index contributed by atoms with van der Waals surface area (Å²) in [6.07, 6.45) is 0. The fraction of sp³-hybridized carbons (Fsp3) is 0.111. The minimum atomic E-state index is 0.428. The van der Waals surface area contributed by atoms with E-state index in [1.165, 1.54) is 5.56 Å². The molecule has 0 radical (unpaired) electrons. The number of thiophene rings is 1. The van der Waals surface area contributed by atoms with E-state index in [1.54, 1.807) is 17.4 Å². The van der Waals surface area contributed by atoms with E-state index in [0.29, 0.717) is 5.15 Å². The van der Waals surface area contributed by atoms with Crippen molar-refractivity contribution in [2.75, 3.05) is 0 Å². The van der Waals surface area contributed by atoms with Gasteiger partial charge in [-0.05, 0) is 36.1 Å². The molecule has 0 N–H and O–H groups in total. The Kier molecular flexibility index (Phi) is 2.29. The third-order valence-electron chi connectivity index (χ3n) is 1.62. The van der Waals surface area contributed by atoms with E-state index >= 15 is 0 Å². The lowest BCUT2D eigenvalue weighted by atomic mass is 10.3. The molecule has 0 saturated heterocycles. The van der Waals surface area contributed by atoms with E-state index in [9.17, 15) is 0 Å². The van der Waals surface area contributed by atoms with Gasteiger partial charge in [0.15, 0.2) is 5.15 Å². The van der Waals surface area contributed by atoms with Crippen LogP contribution in [0.2, 0.25) is 5.15 Å². The van der Waals surface area contributed by atoms with Gasteiger partial charge in [-0.25, -0.2) is 0 Å². The Hall–Kier alpha value is -0.930. The second-order valence-corrected chi connectivity index (χ2v) is 4.03. The molecule has 2 aromatic rings. The summed E-state index contributed by atoms with van der Waals surface area (Å²) in [5, 5.41) is 10.3. The van der Waals surface area contributed by atoms with Gasteiger partial charge in [0.1, 0.15) is 5.69 Å². The van der Waals surface area contributed by atoms with Crippen molar-refractivity contribution in [3.05, 3.63) is 34.3 Å². The maximum atomic E-state index is 5.63. The zero-order valence-electron chi connectivity index (χ0n) is 6.99. The highest BCUT2D eigenvalue weighted by atomic mass is 35.5. The van der Waals surface area contributed by atoms with Crippen LogP contribution in [-0.2, 0) is 0 Å². The molecule has 0 atom stereocenters. The summed E-state index contributed by atoms with van der Waals surface area (Å²) in [5.41, 5.74) is 2.12. The van der Waals surface area contributed by atoms with Crippen LogP contribution in [0.5, 0.6) is 0 Å². The molecular weight excluding hydrogens is 204 g/mol. The summed E-state index contributed by atoms with van der Waals surface area (Å²) >= 11 is 7.30. The Morgan fingerprint density at radius 1 is 1.31 bits per heavy atom. The molecule has 2 nitrogen and oxygen atoms in total. The molecule has 0 aliphatic carbocycles. The minimum Gasteiger partial charge on any atom is -0.148 e. The van der Waals surface area contributed by atoms with E-state index in [0.717, 1.165) is 10.6 Å². The fourth-order valence-electron chi connectivity index (χ4n) is 1.01. The number of rotatable bonds is 1. The average Bonchev–Trinajstić information content (AvgIpc) is 2.53. The third-order valence-corrected chi connectivity index (χ3v) is 2.89. The maximum Gasteiger partial charge on any atom is 0.151 e. The molecule has 4 heteroatoms. The molecule has 0 aromatic carbocycles. The van der Waals surface area contributed by atoms with E-state index in [-0.39, 0.29) is 0 Å². The molecule has 2 aromatic heterocycles. The molecule has 0 bridgehead atoms. The van der Waals surface area contributed by atoms with E-state index in [1.807, 2.05) is 6.07 Å². The summed E-state index contributed by atoms with van der Waals surface area (Å²) in [5.74, 6) is 0. The van der Waals surface area contributed by atoms with Crippen LogP contribution in [0.25, 0.3) is 10.6 Å². The van der Waals surface area contributed by atoms with Crippen molar-refractivity contribution in [2.24, 2.45) is 0 Å². The topological polar surface area (TPSA) is 25.8 Å². The van der Waals surface area contributed by atoms with Gasteiger partial charge < -0.3 is 0 Å². The van der Waals surface area contributed by atoms with Gasteiger partial charge in [0.05, 0.1) is 4.88 Å². The summed E-state index contributed by atoms with van der Waals surface area (Å²) in [6, 6.07) is 5.71. The number of aryl methyl sites for hydroxylation is 1. The lowest BCUT2D eigenvalue weighted by Crippen LogP contribution is -1.84. The average molecular weight is 211 g/mol. The van der Waals surface area contributed by atoms with E-state index < -0.39 is 0 Å². The van der Waals surface area contributed by atoms with Crippen molar-refractivity contribution in [3.8, 4) is 10.6 Å². The first-order valence-corrected chi connectivity index (χ1v) is 5.06. The van der Waals surface area contributed by atoms with Crippen LogP contribution in [-0.4, -0.2) is 10.2 Å². The number of hydrogen-bond acceptors (Lipinski definition) is 3. The first-order valence-electron chi connectivity index (χ1n) is 3.80. The first kappa shape index (κ1) is 8.66. The molecule has 0 spiro atoms. The largest absolute Gasteiger partial charge is 0.151 e. The summed E-state index contributed by atoms with van der Waals surface area (Å²) in [7, 11) is 0. The van der Waals surface area contributed by atoms with Crippen LogP contribution in [0.3, 0.4) is 0 Å². The van der Waals surface area contributed by atoms with Crippen molar-refractivity contribution in [2.45, 2.75) is 6.92 Å². The Balaban J connectivity index is 2.41. The van der Waals surface area contributed by atoms with Crippen LogP contribution >= 0.6 is 22.9 Å². The van der Waals surface area contributed by atoms with Gasteiger partial charge in [-0.15, -0.1) is 21.5 Å². The molecule has 0 unspecified atom stereocenters. The second-order valence-electron chi connectivity index (χ2n) is 2.73. The van der Waals surface area contributed by atoms with Crippen molar-refractivity contribution in [1.82, 2.24) is 10.2 Å². The SMILES string of the molecule is Cc1csc(-c2ccc(Cl)nn2)c1. The van der Waals surface area contributed by atoms with Crippen molar-refractivity contribution < 1.29 is 0 Å². The monoisotopic (exact) mass is 210 g/mol. The van der Waals surface area contributed by atoms with Crippen molar-refractivity contribution >= 4 is 22.9 Å². The lowest BCUT2D eigenvalue weighted by Gasteiger charge is -1.93. The summed E-state index contributed by atoms with van der Waals surface area (Å²) in [6.45, 7) is 2.06. The molecule has 0 saturated carbocycles. The number of aromatic nitrogens is 2. The van der Waals surface area contributed by atoms with Crippen LogP contribution in [0.1, 0.15) is 5.56 Å². The highest BCUT2D eigenvalue weighted by Crippen LogP contribution is 2.24. The molecule has 0 aliphatic rings. The number of halogens is 1. The lowest BCUT2D eigenvalue weighted by molar-refractivity contribution is 1.04. The molecular formula is C9H7ClN2S. The van der Waals surface area contributed by atoms with Gasteiger partial charge in [0, 0.05) is 0 Å². The van der Waals surface area contributed by atoms with Crippen LogP contribution < -0.4 is 0 Å². The smallest absolute Gasteiger partial charge is 0.148 e. The predicted octanol–water partition coefficient (Wildman–Crippen LogP) is 3.17. The highest BCUT2D eigenvalue weighted by molar-refractivity contribution is 7.13. The van der Waals surface area contributed by atoms with Gasteiger partial charge in [-0.3, -0.25) is 0 Å². The highest BCUT2D eigenvalue weighted by Gasteiger charge is 2.01. The summed E-state index contributed by atoms with van der Waals surface area (Å²) in [4.78, 5) is 1.13. The third kappa shape index (κ3) is 1.87. The van der Waals surface area contributed by atoms with Gasteiger partial charge in [0.25, 0.3) is 0 Å². The Bertz CT molecular complexity index is 408. The van der Waals surface area contributed by atoms with Crippen LogP contribution in [0.15, 0.2) is 23.6 Å². The molecule has 0 amide bonds. The predicted molar refractivity (Wildman–Crippen MR) is 55.1 cm³/mol. The Morgan fingerprint density at radius 2 is 2.15 bits per heavy atom. The first-order chi connectivity index (χ1) is 6.25. The van der Waals surface area contributed by atoms with Crippen molar-refractivity contribution in [3.63, 3.8) is 0 Å². The van der Waals surface area contributed by atoms with Gasteiger partial charge in [-0.2, -0.15) is 0 Å². The number of hydrogen-bond donors (Lipinski definition) is 0. The zero-order valence-corrected chi connectivity index (χ0v) is 8.56. The summed E-state index contributed by atoms with van der Waals surface area (Å²) < 4.78 is 0. The van der Waals surface area contributed by atoms with Crippen LogP contribution in [0.4, 0.5) is 0 Å². The standard InChI is InChI=1S/C9H7ClN2S/c1-6-4-8(13-5-6)7-2-3-9(10)12-11-7/h2-5H,1H3. The van der Waals surface area contributed by atoms with E-state index in [2.05, 4.69) is 28.6 Å². The quantitative estimate of drug-likeness (QED) is 0.723. The molecule has 0 fully saturated rings. The zero-order chi connectivity index (χ0) is 9.26. The molecule has 66 valence electrons. The van der Waals surface area contributed by atoms with Crippen molar-refractivity contribution in [1.29, 1.82) is 0 Å². The van der Waals surface area contributed by atoms with Gasteiger partial charge >= 0.3 is 0 Å². The van der Waals surface area contributed by atoms with Crippen LogP contribution in [0, 0.1) is 6.92 Å². The normalized spacial score (nSPS) is 10.3. The number of nitrogens with zero attached hydrogens (tertiary/aromatic N) is 2. The minimum absolute atomic E-state index is 0.428. The van der Waals surface area contributed by atoms with Gasteiger partial charge in [-0.1, -0.05) is 11.6 Å². The molecule has 13 heavy (non-hydrogen) atoms. The second kappa shape index (κ2) is 3.44. The maximum absolute atomic E-state index is 5.63. The molecule has 0 aliphatic heterocycles.